The minimum atomic E-state index is -5.15. The van der Waals surface area contributed by atoms with Gasteiger partial charge in [-0.25, -0.2) is 8.42 Å². The van der Waals surface area contributed by atoms with Crippen molar-refractivity contribution in [2.45, 2.75) is 44.5 Å². The minimum absolute atomic E-state index is 0.647. The van der Waals surface area contributed by atoms with Crippen molar-refractivity contribution in [1.29, 1.82) is 0 Å². The van der Waals surface area contributed by atoms with Gasteiger partial charge >= 0.3 is 5.51 Å². The van der Waals surface area contributed by atoms with Gasteiger partial charge in [0, 0.05) is 0 Å². The van der Waals surface area contributed by atoms with Crippen LogP contribution in [0.25, 0.3) is 0 Å². The third kappa shape index (κ3) is 7.28. The Morgan fingerprint density at radius 1 is 1.24 bits per heavy atom. The summed E-state index contributed by atoms with van der Waals surface area (Å²) < 4.78 is 58.2. The van der Waals surface area contributed by atoms with E-state index in [9.17, 15) is 21.6 Å². The van der Waals surface area contributed by atoms with Gasteiger partial charge in [0.25, 0.3) is 9.84 Å². The summed E-state index contributed by atoms with van der Waals surface area (Å²) in [5, 5.41) is 0. The number of hydrogen-bond donors (Lipinski definition) is 0. The van der Waals surface area contributed by atoms with Crippen molar-refractivity contribution in [3.8, 4) is 0 Å². The zero-order valence-electron chi connectivity index (χ0n) is 9.56. The summed E-state index contributed by atoms with van der Waals surface area (Å²) >= 11 is 1.89. The molecule has 0 heterocycles. The van der Waals surface area contributed by atoms with Gasteiger partial charge in [0.15, 0.2) is 0 Å². The van der Waals surface area contributed by atoms with Crippen LogP contribution in [-0.4, -0.2) is 19.7 Å². The lowest BCUT2D eigenvalue weighted by Gasteiger charge is -2.05. The molecule has 0 atom stereocenters. The first kappa shape index (κ1) is 17.2. The summed E-state index contributed by atoms with van der Waals surface area (Å²) in [6, 6.07) is 0. The monoisotopic (exact) mass is 384 g/mol. The molecule has 17 heavy (non-hydrogen) atoms. The van der Waals surface area contributed by atoms with Gasteiger partial charge in [-0.3, -0.25) is 0 Å². The maximum Gasteiger partial charge on any atom is 0.497 e. The van der Waals surface area contributed by atoms with E-state index in [4.69, 9.17) is 0 Å². The topological polar surface area (TPSA) is 34.1 Å². The maximum atomic E-state index is 12.0. The Hall–Kier alpha value is 0.210. The first-order chi connectivity index (χ1) is 7.70. The van der Waals surface area contributed by atoms with Crippen LogP contribution in [0.2, 0.25) is 0 Å². The van der Waals surface area contributed by atoms with E-state index in [1.807, 2.05) is 22.6 Å². The second kappa shape index (κ2) is 7.60. The predicted molar refractivity (Wildman–Crippen MR) is 70.7 cm³/mol. The normalized spacial score (nSPS) is 14.1. The van der Waals surface area contributed by atoms with Gasteiger partial charge in [0.2, 0.25) is 0 Å². The lowest BCUT2D eigenvalue weighted by atomic mass is 10.1. The zero-order chi connectivity index (χ0) is 13.5. The van der Waals surface area contributed by atoms with Gasteiger partial charge in [-0.1, -0.05) is 32.3 Å². The Bertz CT molecular complexity index is 347. The van der Waals surface area contributed by atoms with Crippen molar-refractivity contribution in [2.75, 3.05) is 5.75 Å². The summed E-state index contributed by atoms with van der Waals surface area (Å²) in [6.07, 6.45) is 5.87. The van der Waals surface area contributed by atoms with Crippen LogP contribution in [0.3, 0.4) is 0 Å². The summed E-state index contributed by atoms with van der Waals surface area (Å²) in [5.74, 6) is -0.956. The van der Waals surface area contributed by atoms with Crippen LogP contribution in [-0.2, 0) is 9.84 Å². The Kier molecular flexibility index (Phi) is 7.70. The number of allylic oxidation sites excluding steroid dienone is 1. The first-order valence-electron chi connectivity index (χ1n) is 5.34. The van der Waals surface area contributed by atoms with Gasteiger partial charge in [0.05, 0.1) is 5.75 Å². The number of rotatable bonds is 7. The van der Waals surface area contributed by atoms with Gasteiger partial charge in [0.1, 0.15) is 0 Å². The first-order valence-corrected chi connectivity index (χ1v) is 8.07. The molecule has 0 unspecified atom stereocenters. The average Bonchev–Trinajstić information content (AvgIpc) is 2.20. The van der Waals surface area contributed by atoms with E-state index in [-0.39, 0.29) is 0 Å². The fourth-order valence-corrected chi connectivity index (χ4v) is 2.63. The van der Waals surface area contributed by atoms with E-state index in [1.165, 1.54) is 0 Å². The fourth-order valence-electron chi connectivity index (χ4n) is 1.12. The highest BCUT2D eigenvalue weighted by Gasteiger charge is 2.44. The van der Waals surface area contributed by atoms with Crippen LogP contribution in [0.15, 0.2) is 9.66 Å². The number of halogens is 4. The molecule has 7 heteroatoms. The quantitative estimate of drug-likeness (QED) is 0.487. The molecule has 0 fully saturated rings. The van der Waals surface area contributed by atoms with Crippen LogP contribution >= 0.6 is 22.6 Å². The summed E-state index contributed by atoms with van der Waals surface area (Å²) in [6.45, 7) is 2.07. The molecule has 0 saturated heterocycles. The van der Waals surface area contributed by atoms with E-state index < -0.39 is 21.1 Å². The standard InChI is InChI=1S/C10H16F3IO2S/c1-2-3-4-5-6-9(14)7-8-17(15,16)10(11,12)13/h7H,2-6,8H2,1H3/b9-7-. The SMILES string of the molecule is CCCCCC/C(I)=C/CS(=O)(=O)C(F)(F)F. The van der Waals surface area contributed by atoms with Crippen LogP contribution in [0.1, 0.15) is 39.0 Å². The van der Waals surface area contributed by atoms with Crippen molar-refractivity contribution >= 4 is 32.4 Å². The van der Waals surface area contributed by atoms with E-state index >= 15 is 0 Å². The molecule has 0 aliphatic rings. The fraction of sp³-hybridized carbons (Fsp3) is 0.800. The van der Waals surface area contributed by atoms with Crippen LogP contribution < -0.4 is 0 Å². The van der Waals surface area contributed by atoms with Crippen LogP contribution in [0.4, 0.5) is 13.2 Å². The molecule has 0 spiro atoms. The van der Waals surface area contributed by atoms with E-state index in [0.717, 1.165) is 31.8 Å². The Labute approximate surface area is 114 Å². The molecule has 0 saturated carbocycles. The molecule has 0 amide bonds. The smallest absolute Gasteiger partial charge is 0.219 e. The highest BCUT2D eigenvalue weighted by Crippen LogP contribution is 2.25. The van der Waals surface area contributed by atoms with Gasteiger partial charge < -0.3 is 0 Å². The lowest BCUT2D eigenvalue weighted by molar-refractivity contribution is -0.0432. The largest absolute Gasteiger partial charge is 0.497 e. The molecular weight excluding hydrogens is 368 g/mol. The number of alkyl halides is 3. The highest BCUT2D eigenvalue weighted by molar-refractivity contribution is 14.1. The second-order valence-electron chi connectivity index (χ2n) is 3.69. The number of sulfone groups is 1. The van der Waals surface area contributed by atoms with Crippen molar-refractivity contribution in [3.05, 3.63) is 9.66 Å². The Morgan fingerprint density at radius 2 is 1.82 bits per heavy atom. The molecule has 0 bridgehead atoms. The minimum Gasteiger partial charge on any atom is -0.219 e. The maximum absolute atomic E-state index is 12.0. The molecule has 0 radical (unpaired) electrons. The molecule has 0 aliphatic heterocycles. The molecule has 0 aromatic rings. The number of unbranched alkanes of at least 4 members (excludes halogenated alkanes) is 3. The zero-order valence-corrected chi connectivity index (χ0v) is 12.5. The molecule has 102 valence electrons. The lowest BCUT2D eigenvalue weighted by Crippen LogP contribution is -2.25. The van der Waals surface area contributed by atoms with E-state index in [0.29, 0.717) is 10.0 Å². The summed E-state index contributed by atoms with van der Waals surface area (Å²) in [7, 11) is -5.01. The summed E-state index contributed by atoms with van der Waals surface area (Å²) in [5.41, 5.74) is -5.15. The van der Waals surface area contributed by atoms with Crippen LogP contribution in [0, 0.1) is 0 Å². The van der Waals surface area contributed by atoms with Gasteiger partial charge in [-0.15, -0.1) is 0 Å². The third-order valence-electron chi connectivity index (χ3n) is 2.15. The third-order valence-corrected chi connectivity index (χ3v) is 4.44. The number of hydrogen-bond acceptors (Lipinski definition) is 2. The van der Waals surface area contributed by atoms with Crippen molar-refractivity contribution < 1.29 is 21.6 Å². The van der Waals surface area contributed by atoms with Crippen molar-refractivity contribution in [3.63, 3.8) is 0 Å². The van der Waals surface area contributed by atoms with E-state index in [2.05, 4.69) is 6.92 Å². The average molecular weight is 384 g/mol. The molecule has 0 aromatic carbocycles. The highest BCUT2D eigenvalue weighted by atomic mass is 127. The molecular formula is C10H16F3IO2S. The molecule has 2 nitrogen and oxygen atoms in total. The van der Waals surface area contributed by atoms with Gasteiger partial charge in [-0.2, -0.15) is 13.2 Å². The predicted octanol–water partition coefficient (Wildman–Crippen LogP) is 4.21. The summed E-state index contributed by atoms with van der Waals surface area (Å²) in [4.78, 5) is 0. The molecule has 0 aromatic heterocycles. The molecule has 0 N–H and O–H groups in total. The molecule has 0 rings (SSSR count). The van der Waals surface area contributed by atoms with E-state index in [1.54, 1.807) is 0 Å². The molecule has 0 aliphatic carbocycles. The Morgan fingerprint density at radius 3 is 2.29 bits per heavy atom. The van der Waals surface area contributed by atoms with Crippen LogP contribution in [0.5, 0.6) is 0 Å². The van der Waals surface area contributed by atoms with Crippen molar-refractivity contribution in [2.24, 2.45) is 0 Å². The van der Waals surface area contributed by atoms with Crippen molar-refractivity contribution in [1.82, 2.24) is 0 Å². The Balaban J connectivity index is 4.16. The van der Waals surface area contributed by atoms with Gasteiger partial charge in [-0.05, 0) is 39.0 Å². The second-order valence-corrected chi connectivity index (χ2v) is 7.10.